The fourth-order valence-corrected chi connectivity index (χ4v) is 2.42. The summed E-state index contributed by atoms with van der Waals surface area (Å²) >= 11 is 0. The number of benzene rings is 1. The van der Waals surface area contributed by atoms with Crippen molar-refractivity contribution in [3.05, 3.63) is 29.8 Å². The van der Waals surface area contributed by atoms with Gasteiger partial charge in [0.25, 0.3) is 5.91 Å². The lowest BCUT2D eigenvalue weighted by Crippen LogP contribution is -2.30. The highest BCUT2D eigenvalue weighted by Gasteiger charge is 2.40. The van der Waals surface area contributed by atoms with Crippen molar-refractivity contribution in [1.29, 1.82) is 0 Å². The molecule has 120 valence electrons. The molecule has 0 bridgehead atoms. The first-order chi connectivity index (χ1) is 10.2. The van der Waals surface area contributed by atoms with Crippen LogP contribution in [-0.2, 0) is 0 Å². The molecule has 1 saturated heterocycles. The van der Waals surface area contributed by atoms with Gasteiger partial charge in [0.05, 0.1) is 6.10 Å². The standard InChI is InChI=1S/C16H23N3O3/c1-16(2)10-19(9-13(16)20)14(21)11-6-5-7-12(8-11)17-15(22)18(3)4/h5-8,13,20H,9-10H2,1-4H3,(H,17,22). The lowest BCUT2D eigenvalue weighted by molar-refractivity contribution is 0.0762. The molecule has 1 heterocycles. The Balaban J connectivity index is 2.13. The molecule has 1 aliphatic rings. The summed E-state index contributed by atoms with van der Waals surface area (Å²) in [6.45, 7) is 4.73. The average molecular weight is 305 g/mol. The number of amides is 3. The Bertz CT molecular complexity index is 584. The van der Waals surface area contributed by atoms with Crippen molar-refractivity contribution in [1.82, 2.24) is 9.80 Å². The number of carbonyl (C=O) groups excluding carboxylic acids is 2. The number of anilines is 1. The van der Waals surface area contributed by atoms with Crippen LogP contribution in [0.25, 0.3) is 0 Å². The van der Waals surface area contributed by atoms with Gasteiger partial charge in [0, 0.05) is 43.9 Å². The summed E-state index contributed by atoms with van der Waals surface area (Å²) in [6.07, 6.45) is -0.520. The number of likely N-dealkylation sites (tertiary alicyclic amines) is 1. The van der Waals surface area contributed by atoms with Gasteiger partial charge in [0.1, 0.15) is 0 Å². The van der Waals surface area contributed by atoms with Crippen LogP contribution in [-0.4, -0.2) is 60.1 Å². The van der Waals surface area contributed by atoms with Gasteiger partial charge in [-0.05, 0) is 18.2 Å². The van der Waals surface area contributed by atoms with Crippen LogP contribution in [0.1, 0.15) is 24.2 Å². The monoisotopic (exact) mass is 305 g/mol. The largest absolute Gasteiger partial charge is 0.391 e. The molecule has 1 aliphatic heterocycles. The first kappa shape index (κ1) is 16.3. The van der Waals surface area contributed by atoms with E-state index in [9.17, 15) is 14.7 Å². The van der Waals surface area contributed by atoms with Crippen LogP contribution in [0.4, 0.5) is 10.5 Å². The molecule has 1 aromatic rings. The molecule has 6 heteroatoms. The number of aliphatic hydroxyl groups excluding tert-OH is 1. The zero-order valence-corrected chi connectivity index (χ0v) is 13.5. The smallest absolute Gasteiger partial charge is 0.321 e. The van der Waals surface area contributed by atoms with Gasteiger partial charge in [-0.15, -0.1) is 0 Å². The molecule has 6 nitrogen and oxygen atoms in total. The molecular formula is C16H23N3O3. The molecule has 1 atom stereocenters. The van der Waals surface area contributed by atoms with Crippen molar-refractivity contribution in [2.45, 2.75) is 20.0 Å². The van der Waals surface area contributed by atoms with Gasteiger partial charge in [-0.2, -0.15) is 0 Å². The lowest BCUT2D eigenvalue weighted by Gasteiger charge is -2.21. The van der Waals surface area contributed by atoms with Crippen molar-refractivity contribution < 1.29 is 14.7 Å². The zero-order valence-electron chi connectivity index (χ0n) is 13.5. The van der Waals surface area contributed by atoms with Crippen LogP contribution in [0.5, 0.6) is 0 Å². The molecule has 3 amide bonds. The summed E-state index contributed by atoms with van der Waals surface area (Å²) in [5.74, 6) is -0.134. The van der Waals surface area contributed by atoms with Crippen LogP contribution in [0, 0.1) is 5.41 Å². The summed E-state index contributed by atoms with van der Waals surface area (Å²) in [6, 6.07) is 6.59. The fraction of sp³-hybridized carbons (Fsp3) is 0.500. The maximum absolute atomic E-state index is 12.5. The highest BCUT2D eigenvalue weighted by molar-refractivity contribution is 5.97. The van der Waals surface area contributed by atoms with Crippen LogP contribution in [0.3, 0.4) is 0 Å². The number of rotatable bonds is 2. The van der Waals surface area contributed by atoms with Gasteiger partial charge in [0.2, 0.25) is 0 Å². The number of β-amino-alcohol motifs (C(OH)–C–C–N with tert-alkyl or cyclic N) is 1. The van der Waals surface area contributed by atoms with Crippen molar-refractivity contribution in [2.75, 3.05) is 32.5 Å². The van der Waals surface area contributed by atoms with E-state index in [4.69, 9.17) is 0 Å². The van der Waals surface area contributed by atoms with E-state index in [1.165, 1.54) is 4.90 Å². The van der Waals surface area contributed by atoms with Gasteiger partial charge in [0.15, 0.2) is 0 Å². The van der Waals surface area contributed by atoms with Gasteiger partial charge in [-0.25, -0.2) is 4.79 Å². The summed E-state index contributed by atoms with van der Waals surface area (Å²) in [4.78, 5) is 27.3. The first-order valence-corrected chi connectivity index (χ1v) is 7.26. The minimum absolute atomic E-state index is 0.134. The van der Waals surface area contributed by atoms with E-state index in [0.717, 1.165) is 0 Å². The summed E-state index contributed by atoms with van der Waals surface area (Å²) in [5, 5.41) is 12.7. The minimum atomic E-state index is -0.520. The Labute approximate surface area is 130 Å². The summed E-state index contributed by atoms with van der Waals surface area (Å²) in [7, 11) is 3.30. The molecule has 0 radical (unpaired) electrons. The summed E-state index contributed by atoms with van der Waals surface area (Å²) < 4.78 is 0. The number of hydrogen-bond acceptors (Lipinski definition) is 3. The van der Waals surface area contributed by atoms with Crippen LogP contribution in [0.2, 0.25) is 0 Å². The van der Waals surface area contributed by atoms with Crippen LogP contribution in [0.15, 0.2) is 24.3 Å². The number of aliphatic hydroxyl groups is 1. The average Bonchev–Trinajstić information content (AvgIpc) is 2.72. The summed E-state index contributed by atoms with van der Waals surface area (Å²) in [5.41, 5.74) is 0.775. The number of nitrogens with zero attached hydrogens (tertiary/aromatic N) is 2. The molecule has 1 fully saturated rings. The minimum Gasteiger partial charge on any atom is -0.391 e. The second kappa shape index (κ2) is 5.96. The second-order valence-electron chi connectivity index (χ2n) is 6.60. The van der Waals surface area contributed by atoms with Crippen molar-refractivity contribution in [3.8, 4) is 0 Å². The quantitative estimate of drug-likeness (QED) is 0.872. The van der Waals surface area contributed by atoms with Crippen molar-refractivity contribution in [3.63, 3.8) is 0 Å². The number of nitrogens with one attached hydrogen (secondary N) is 1. The van der Waals surface area contributed by atoms with Gasteiger partial charge >= 0.3 is 6.03 Å². The SMILES string of the molecule is CN(C)C(=O)Nc1cccc(C(=O)N2CC(O)C(C)(C)C2)c1. The fourth-order valence-electron chi connectivity index (χ4n) is 2.42. The number of hydrogen-bond donors (Lipinski definition) is 2. The topological polar surface area (TPSA) is 72.9 Å². The van der Waals surface area contributed by atoms with E-state index in [1.807, 2.05) is 13.8 Å². The highest BCUT2D eigenvalue weighted by Crippen LogP contribution is 2.30. The van der Waals surface area contributed by atoms with E-state index in [-0.39, 0.29) is 17.4 Å². The molecule has 2 N–H and O–H groups in total. The molecule has 0 saturated carbocycles. The molecule has 22 heavy (non-hydrogen) atoms. The third kappa shape index (κ3) is 3.39. The van der Waals surface area contributed by atoms with Gasteiger partial charge < -0.3 is 20.2 Å². The predicted molar refractivity (Wildman–Crippen MR) is 84.8 cm³/mol. The van der Waals surface area contributed by atoms with E-state index < -0.39 is 6.10 Å². The lowest BCUT2D eigenvalue weighted by atomic mass is 9.90. The third-order valence-corrected chi connectivity index (χ3v) is 3.95. The Morgan fingerprint density at radius 2 is 2.05 bits per heavy atom. The maximum atomic E-state index is 12.5. The Morgan fingerprint density at radius 3 is 2.59 bits per heavy atom. The van der Waals surface area contributed by atoms with E-state index in [0.29, 0.717) is 24.3 Å². The predicted octanol–water partition coefficient (Wildman–Crippen LogP) is 1.62. The molecule has 0 aromatic heterocycles. The Morgan fingerprint density at radius 1 is 1.36 bits per heavy atom. The third-order valence-electron chi connectivity index (χ3n) is 3.95. The van der Waals surface area contributed by atoms with Crippen molar-refractivity contribution in [2.24, 2.45) is 5.41 Å². The van der Waals surface area contributed by atoms with E-state index in [2.05, 4.69) is 5.32 Å². The Hall–Kier alpha value is -2.08. The van der Waals surface area contributed by atoms with E-state index >= 15 is 0 Å². The van der Waals surface area contributed by atoms with Crippen LogP contribution >= 0.6 is 0 Å². The molecule has 0 spiro atoms. The van der Waals surface area contributed by atoms with E-state index in [1.54, 1.807) is 43.3 Å². The normalized spacial score (nSPS) is 19.9. The molecule has 1 aromatic carbocycles. The molecular weight excluding hydrogens is 282 g/mol. The zero-order chi connectivity index (χ0) is 16.5. The Kier molecular flexibility index (Phi) is 4.42. The maximum Gasteiger partial charge on any atom is 0.321 e. The van der Waals surface area contributed by atoms with Gasteiger partial charge in [-0.1, -0.05) is 19.9 Å². The molecule has 1 unspecified atom stereocenters. The number of carbonyl (C=O) groups is 2. The second-order valence-corrected chi connectivity index (χ2v) is 6.60. The van der Waals surface area contributed by atoms with Crippen LogP contribution < -0.4 is 5.32 Å². The number of urea groups is 1. The van der Waals surface area contributed by atoms with Crippen molar-refractivity contribution >= 4 is 17.6 Å². The molecule has 2 rings (SSSR count). The van der Waals surface area contributed by atoms with Gasteiger partial charge in [-0.3, -0.25) is 4.79 Å². The molecule has 0 aliphatic carbocycles. The highest BCUT2D eigenvalue weighted by atomic mass is 16.3. The first-order valence-electron chi connectivity index (χ1n) is 7.26.